The molecule has 0 aromatic heterocycles. The van der Waals surface area contributed by atoms with Gasteiger partial charge < -0.3 is 20.3 Å². The molecule has 2 N–H and O–H groups in total. The van der Waals surface area contributed by atoms with E-state index in [1.54, 1.807) is 11.9 Å². The Balaban J connectivity index is 1.94. The highest BCUT2D eigenvalue weighted by molar-refractivity contribution is 5.87. The summed E-state index contributed by atoms with van der Waals surface area (Å²) in [5.41, 5.74) is 0. The lowest BCUT2D eigenvalue weighted by atomic mass is 10.0. The minimum Gasteiger partial charge on any atom is -0.379 e. The Labute approximate surface area is 107 Å². The second-order valence-electron chi connectivity index (χ2n) is 4.83. The fourth-order valence-electron chi connectivity index (χ4n) is 2.52. The van der Waals surface area contributed by atoms with Gasteiger partial charge in [0.1, 0.15) is 6.04 Å². The van der Waals surface area contributed by atoms with E-state index in [2.05, 4.69) is 10.6 Å². The van der Waals surface area contributed by atoms with E-state index >= 15 is 0 Å². The minimum atomic E-state index is -0.328. The van der Waals surface area contributed by atoms with E-state index < -0.39 is 0 Å². The molecule has 2 heterocycles. The van der Waals surface area contributed by atoms with Gasteiger partial charge in [0.2, 0.25) is 5.91 Å². The smallest absolute Gasteiger partial charge is 0.318 e. The number of carbonyl (C=O) groups excluding carboxylic acids is 2. The van der Waals surface area contributed by atoms with Gasteiger partial charge in [-0.1, -0.05) is 0 Å². The van der Waals surface area contributed by atoms with Crippen LogP contribution in [0.15, 0.2) is 0 Å². The summed E-state index contributed by atoms with van der Waals surface area (Å²) in [7, 11) is 1.61. The Morgan fingerprint density at radius 2 is 2.11 bits per heavy atom. The van der Waals surface area contributed by atoms with Crippen LogP contribution in [0, 0.1) is 0 Å². The van der Waals surface area contributed by atoms with Crippen LogP contribution in [0.25, 0.3) is 0 Å². The van der Waals surface area contributed by atoms with Gasteiger partial charge in [-0.25, -0.2) is 4.79 Å². The molecule has 3 amide bonds. The minimum absolute atomic E-state index is 0.0764. The summed E-state index contributed by atoms with van der Waals surface area (Å²) in [6, 6.07) is -0.380. The SMILES string of the molecule is CNC(=O)C1CCCCN1C(=O)NC1CCOC1. The third-order valence-electron chi connectivity index (χ3n) is 3.57. The first kappa shape index (κ1) is 13.1. The van der Waals surface area contributed by atoms with Crippen molar-refractivity contribution in [2.24, 2.45) is 0 Å². The van der Waals surface area contributed by atoms with Crippen LogP contribution < -0.4 is 10.6 Å². The molecule has 0 spiro atoms. The van der Waals surface area contributed by atoms with Gasteiger partial charge >= 0.3 is 6.03 Å². The summed E-state index contributed by atoms with van der Waals surface area (Å²) in [6.45, 7) is 1.92. The largest absolute Gasteiger partial charge is 0.379 e. The van der Waals surface area contributed by atoms with Crippen LogP contribution in [0.3, 0.4) is 0 Å². The Morgan fingerprint density at radius 3 is 2.78 bits per heavy atom. The zero-order chi connectivity index (χ0) is 13.0. The second kappa shape index (κ2) is 6.04. The highest BCUT2D eigenvalue weighted by Gasteiger charge is 2.32. The number of nitrogens with one attached hydrogen (secondary N) is 2. The van der Waals surface area contributed by atoms with E-state index in [0.717, 1.165) is 25.7 Å². The molecule has 2 aliphatic rings. The molecule has 2 aliphatic heterocycles. The Hall–Kier alpha value is -1.30. The van der Waals surface area contributed by atoms with E-state index in [9.17, 15) is 9.59 Å². The van der Waals surface area contributed by atoms with Gasteiger partial charge in [-0.2, -0.15) is 0 Å². The zero-order valence-corrected chi connectivity index (χ0v) is 10.8. The molecule has 2 fully saturated rings. The van der Waals surface area contributed by atoms with Crippen LogP contribution in [-0.2, 0) is 9.53 Å². The molecule has 2 saturated heterocycles. The van der Waals surface area contributed by atoms with Crippen LogP contribution in [0.1, 0.15) is 25.7 Å². The Bertz CT molecular complexity index is 316. The van der Waals surface area contributed by atoms with Crippen molar-refractivity contribution in [3.05, 3.63) is 0 Å². The van der Waals surface area contributed by atoms with Crippen molar-refractivity contribution >= 4 is 11.9 Å². The standard InChI is InChI=1S/C12H21N3O3/c1-13-11(16)10-4-2-3-6-15(10)12(17)14-9-5-7-18-8-9/h9-10H,2-8H2,1H3,(H,13,16)(H,14,17). The lowest BCUT2D eigenvalue weighted by Crippen LogP contribution is -2.55. The summed E-state index contributed by atoms with van der Waals surface area (Å²) in [4.78, 5) is 25.6. The number of hydrogen-bond donors (Lipinski definition) is 2. The molecule has 2 atom stereocenters. The normalized spacial score (nSPS) is 27.9. The number of urea groups is 1. The Kier molecular flexibility index (Phi) is 4.41. The van der Waals surface area contributed by atoms with Crippen LogP contribution >= 0.6 is 0 Å². The first-order valence-corrected chi connectivity index (χ1v) is 6.59. The highest BCUT2D eigenvalue weighted by Crippen LogP contribution is 2.17. The van der Waals surface area contributed by atoms with Gasteiger partial charge in [0.05, 0.1) is 12.6 Å². The molecule has 0 saturated carbocycles. The maximum atomic E-state index is 12.2. The zero-order valence-electron chi connectivity index (χ0n) is 10.8. The van der Waals surface area contributed by atoms with E-state index in [4.69, 9.17) is 4.74 Å². The van der Waals surface area contributed by atoms with E-state index in [-0.39, 0.29) is 24.0 Å². The molecule has 18 heavy (non-hydrogen) atoms. The predicted octanol–water partition coefficient (Wildman–Crippen LogP) is 0.0854. The summed E-state index contributed by atoms with van der Waals surface area (Å²) >= 11 is 0. The van der Waals surface area contributed by atoms with Crippen LogP contribution in [0.2, 0.25) is 0 Å². The van der Waals surface area contributed by atoms with E-state index in [1.165, 1.54) is 0 Å². The number of likely N-dealkylation sites (tertiary alicyclic amines) is 1. The molecule has 2 rings (SSSR count). The van der Waals surface area contributed by atoms with Gasteiger partial charge in [-0.05, 0) is 25.7 Å². The van der Waals surface area contributed by atoms with Crippen molar-refractivity contribution < 1.29 is 14.3 Å². The van der Waals surface area contributed by atoms with E-state index in [1.807, 2.05) is 0 Å². The number of nitrogens with zero attached hydrogens (tertiary/aromatic N) is 1. The summed E-state index contributed by atoms with van der Waals surface area (Å²) in [5.74, 6) is -0.0764. The second-order valence-corrected chi connectivity index (χ2v) is 4.83. The first-order chi connectivity index (χ1) is 8.72. The number of hydrogen-bond acceptors (Lipinski definition) is 3. The molecule has 0 bridgehead atoms. The number of rotatable bonds is 2. The van der Waals surface area contributed by atoms with Crippen molar-refractivity contribution in [3.8, 4) is 0 Å². The lowest BCUT2D eigenvalue weighted by molar-refractivity contribution is -0.125. The summed E-state index contributed by atoms with van der Waals surface area (Å²) in [5, 5.41) is 5.57. The fourth-order valence-corrected chi connectivity index (χ4v) is 2.52. The van der Waals surface area contributed by atoms with Crippen molar-refractivity contribution in [2.45, 2.75) is 37.8 Å². The third kappa shape index (κ3) is 2.93. The molecule has 2 unspecified atom stereocenters. The van der Waals surface area contributed by atoms with Crippen LogP contribution in [0.4, 0.5) is 4.79 Å². The monoisotopic (exact) mass is 255 g/mol. The molecule has 0 radical (unpaired) electrons. The van der Waals surface area contributed by atoms with Crippen molar-refractivity contribution in [1.29, 1.82) is 0 Å². The molecule has 6 nitrogen and oxygen atoms in total. The third-order valence-corrected chi connectivity index (χ3v) is 3.57. The summed E-state index contributed by atoms with van der Waals surface area (Å²) < 4.78 is 5.23. The average Bonchev–Trinajstić information content (AvgIpc) is 2.90. The number of carbonyl (C=O) groups is 2. The van der Waals surface area contributed by atoms with E-state index in [0.29, 0.717) is 19.8 Å². The molecule has 0 aromatic carbocycles. The molecule has 0 aliphatic carbocycles. The fraction of sp³-hybridized carbons (Fsp3) is 0.833. The molecular formula is C12H21N3O3. The molecule has 102 valence electrons. The first-order valence-electron chi connectivity index (χ1n) is 6.59. The van der Waals surface area contributed by atoms with Crippen molar-refractivity contribution in [3.63, 3.8) is 0 Å². The predicted molar refractivity (Wildman–Crippen MR) is 66.2 cm³/mol. The molecule has 0 aromatic rings. The maximum Gasteiger partial charge on any atom is 0.318 e. The summed E-state index contributed by atoms with van der Waals surface area (Å²) in [6.07, 6.45) is 3.55. The van der Waals surface area contributed by atoms with Gasteiger partial charge in [0.15, 0.2) is 0 Å². The Morgan fingerprint density at radius 1 is 1.28 bits per heavy atom. The number of amides is 3. The van der Waals surface area contributed by atoms with Crippen molar-refractivity contribution in [2.75, 3.05) is 26.8 Å². The molecular weight excluding hydrogens is 234 g/mol. The topological polar surface area (TPSA) is 70.7 Å². The van der Waals surface area contributed by atoms with Crippen LogP contribution in [-0.4, -0.2) is 55.7 Å². The highest BCUT2D eigenvalue weighted by atomic mass is 16.5. The maximum absolute atomic E-state index is 12.2. The number of likely N-dealkylation sites (N-methyl/N-ethyl adjacent to an activating group) is 1. The van der Waals surface area contributed by atoms with Crippen molar-refractivity contribution in [1.82, 2.24) is 15.5 Å². The quantitative estimate of drug-likeness (QED) is 0.734. The van der Waals surface area contributed by atoms with Gasteiger partial charge in [0.25, 0.3) is 0 Å². The average molecular weight is 255 g/mol. The number of ether oxygens (including phenoxy) is 1. The molecule has 6 heteroatoms. The van der Waals surface area contributed by atoms with Gasteiger partial charge in [0, 0.05) is 20.2 Å². The lowest BCUT2D eigenvalue weighted by Gasteiger charge is -2.35. The van der Waals surface area contributed by atoms with Gasteiger partial charge in [-0.3, -0.25) is 4.79 Å². The van der Waals surface area contributed by atoms with Gasteiger partial charge in [-0.15, -0.1) is 0 Å². The van der Waals surface area contributed by atoms with Crippen LogP contribution in [0.5, 0.6) is 0 Å². The number of piperidine rings is 1.